The highest BCUT2D eigenvalue weighted by Gasteiger charge is 2.12. The molecule has 0 aromatic heterocycles. The number of nitrogens with one attached hydrogen (secondary N) is 2. The highest BCUT2D eigenvalue weighted by Crippen LogP contribution is 2.21. The summed E-state index contributed by atoms with van der Waals surface area (Å²) in [4.78, 5) is 0. The molecule has 2 heteroatoms. The number of rotatable bonds is 4. The molecule has 1 atom stereocenters. The first-order chi connectivity index (χ1) is 9.42. The molecule has 1 aliphatic heterocycles. The molecule has 0 amide bonds. The van der Waals surface area contributed by atoms with Crippen LogP contribution in [0.25, 0.3) is 11.1 Å². The fraction of sp³-hybridized carbons (Fsp3) is 0.294. The van der Waals surface area contributed by atoms with E-state index in [4.69, 9.17) is 0 Å². The second-order valence-corrected chi connectivity index (χ2v) is 5.12. The maximum absolute atomic E-state index is 3.50. The lowest BCUT2D eigenvalue weighted by Gasteiger charge is -2.13. The Kier molecular flexibility index (Phi) is 3.80. The van der Waals surface area contributed by atoms with Gasteiger partial charge in [0, 0.05) is 18.3 Å². The van der Waals surface area contributed by atoms with Crippen molar-refractivity contribution in [2.75, 3.05) is 18.4 Å². The lowest BCUT2D eigenvalue weighted by molar-refractivity contribution is 0.633. The minimum absolute atomic E-state index is 0.633. The van der Waals surface area contributed by atoms with Gasteiger partial charge in [-0.05, 0) is 42.6 Å². The maximum atomic E-state index is 3.50. The van der Waals surface area contributed by atoms with Crippen LogP contribution in [0.1, 0.15) is 12.8 Å². The van der Waals surface area contributed by atoms with Crippen LogP contribution in [0.2, 0.25) is 0 Å². The molecule has 0 saturated carbocycles. The summed E-state index contributed by atoms with van der Waals surface area (Å²) in [6, 6.07) is 19.8. The molecule has 0 spiro atoms. The molecule has 0 aliphatic carbocycles. The van der Waals surface area contributed by atoms with E-state index < -0.39 is 0 Å². The Balaban J connectivity index is 1.62. The summed E-state index contributed by atoms with van der Waals surface area (Å²) in [5.41, 5.74) is 3.74. The normalized spacial score (nSPS) is 18.4. The molecule has 19 heavy (non-hydrogen) atoms. The minimum atomic E-state index is 0.633. The molecule has 0 bridgehead atoms. The van der Waals surface area contributed by atoms with Crippen molar-refractivity contribution >= 4 is 5.69 Å². The van der Waals surface area contributed by atoms with Gasteiger partial charge in [-0.15, -0.1) is 0 Å². The lowest BCUT2D eigenvalue weighted by Crippen LogP contribution is -2.29. The van der Waals surface area contributed by atoms with Crippen molar-refractivity contribution in [2.24, 2.45) is 0 Å². The Morgan fingerprint density at radius 2 is 1.68 bits per heavy atom. The zero-order chi connectivity index (χ0) is 12.9. The Hall–Kier alpha value is -1.80. The minimum Gasteiger partial charge on any atom is -0.383 e. The maximum Gasteiger partial charge on any atom is 0.0341 e. The second-order valence-electron chi connectivity index (χ2n) is 5.12. The smallest absolute Gasteiger partial charge is 0.0341 e. The summed E-state index contributed by atoms with van der Waals surface area (Å²) in [7, 11) is 0. The van der Waals surface area contributed by atoms with E-state index in [0.29, 0.717) is 6.04 Å². The molecule has 1 unspecified atom stereocenters. The number of hydrogen-bond acceptors (Lipinski definition) is 2. The third-order valence-electron chi connectivity index (χ3n) is 3.71. The number of anilines is 1. The van der Waals surface area contributed by atoms with Gasteiger partial charge in [0.05, 0.1) is 0 Å². The average Bonchev–Trinajstić information content (AvgIpc) is 3.00. The highest BCUT2D eigenvalue weighted by atomic mass is 15.0. The van der Waals surface area contributed by atoms with Gasteiger partial charge >= 0.3 is 0 Å². The summed E-state index contributed by atoms with van der Waals surface area (Å²) in [6.45, 7) is 2.18. The Labute approximate surface area is 114 Å². The largest absolute Gasteiger partial charge is 0.383 e. The molecule has 0 radical (unpaired) electrons. The molecule has 2 N–H and O–H groups in total. The van der Waals surface area contributed by atoms with Crippen molar-refractivity contribution in [2.45, 2.75) is 18.9 Å². The SMILES string of the molecule is c1ccc(-c2ccc(NCC3CCCN3)cc2)cc1. The average molecular weight is 252 g/mol. The first-order valence-corrected chi connectivity index (χ1v) is 7.04. The van der Waals surface area contributed by atoms with Crippen molar-refractivity contribution in [3.05, 3.63) is 54.6 Å². The number of hydrogen-bond donors (Lipinski definition) is 2. The molecular formula is C17H20N2. The van der Waals surface area contributed by atoms with Gasteiger partial charge in [-0.2, -0.15) is 0 Å². The van der Waals surface area contributed by atoms with E-state index in [1.807, 2.05) is 6.07 Å². The van der Waals surface area contributed by atoms with Crippen LogP contribution in [0.15, 0.2) is 54.6 Å². The van der Waals surface area contributed by atoms with Crippen LogP contribution >= 0.6 is 0 Å². The van der Waals surface area contributed by atoms with Crippen LogP contribution < -0.4 is 10.6 Å². The van der Waals surface area contributed by atoms with Gasteiger partial charge in [0.25, 0.3) is 0 Å². The molecule has 1 saturated heterocycles. The molecule has 2 nitrogen and oxygen atoms in total. The summed E-state index contributed by atoms with van der Waals surface area (Å²) in [6.07, 6.45) is 2.59. The van der Waals surface area contributed by atoms with Gasteiger partial charge < -0.3 is 10.6 Å². The van der Waals surface area contributed by atoms with Crippen molar-refractivity contribution in [3.8, 4) is 11.1 Å². The van der Waals surface area contributed by atoms with E-state index >= 15 is 0 Å². The molecule has 3 rings (SSSR count). The third kappa shape index (κ3) is 3.15. The Morgan fingerprint density at radius 1 is 0.947 bits per heavy atom. The van der Waals surface area contributed by atoms with Gasteiger partial charge in [0.15, 0.2) is 0 Å². The van der Waals surface area contributed by atoms with Crippen LogP contribution in [0, 0.1) is 0 Å². The fourth-order valence-electron chi connectivity index (χ4n) is 2.58. The van der Waals surface area contributed by atoms with Crippen LogP contribution in [0.4, 0.5) is 5.69 Å². The number of benzene rings is 2. The van der Waals surface area contributed by atoms with E-state index in [1.165, 1.54) is 36.2 Å². The lowest BCUT2D eigenvalue weighted by atomic mass is 10.1. The molecule has 98 valence electrons. The Bertz CT molecular complexity index is 499. The summed E-state index contributed by atoms with van der Waals surface area (Å²) in [5.74, 6) is 0. The quantitative estimate of drug-likeness (QED) is 0.870. The zero-order valence-electron chi connectivity index (χ0n) is 11.1. The predicted octanol–water partition coefficient (Wildman–Crippen LogP) is 3.52. The molecule has 1 fully saturated rings. The third-order valence-corrected chi connectivity index (χ3v) is 3.71. The Morgan fingerprint density at radius 3 is 2.37 bits per heavy atom. The second kappa shape index (κ2) is 5.89. The topological polar surface area (TPSA) is 24.1 Å². The summed E-state index contributed by atoms with van der Waals surface area (Å²) >= 11 is 0. The van der Waals surface area contributed by atoms with Crippen LogP contribution in [0.5, 0.6) is 0 Å². The van der Waals surface area contributed by atoms with Gasteiger partial charge in [-0.1, -0.05) is 42.5 Å². The monoisotopic (exact) mass is 252 g/mol. The highest BCUT2D eigenvalue weighted by molar-refractivity contribution is 5.65. The molecule has 1 heterocycles. The molecule has 2 aromatic rings. The van der Waals surface area contributed by atoms with Gasteiger partial charge in [0.1, 0.15) is 0 Å². The first-order valence-electron chi connectivity index (χ1n) is 7.04. The van der Waals surface area contributed by atoms with E-state index in [2.05, 4.69) is 59.2 Å². The fourth-order valence-corrected chi connectivity index (χ4v) is 2.58. The van der Waals surface area contributed by atoms with Gasteiger partial charge in [-0.25, -0.2) is 0 Å². The van der Waals surface area contributed by atoms with E-state index in [0.717, 1.165) is 6.54 Å². The summed E-state index contributed by atoms with van der Waals surface area (Å²) in [5, 5.41) is 7.00. The van der Waals surface area contributed by atoms with Crippen molar-refractivity contribution in [3.63, 3.8) is 0 Å². The van der Waals surface area contributed by atoms with Crippen LogP contribution in [-0.2, 0) is 0 Å². The summed E-state index contributed by atoms with van der Waals surface area (Å²) < 4.78 is 0. The molecular weight excluding hydrogens is 232 g/mol. The van der Waals surface area contributed by atoms with E-state index in [-0.39, 0.29) is 0 Å². The first kappa shape index (κ1) is 12.2. The van der Waals surface area contributed by atoms with Gasteiger partial charge in [0.2, 0.25) is 0 Å². The predicted molar refractivity (Wildman–Crippen MR) is 81.4 cm³/mol. The van der Waals surface area contributed by atoms with Gasteiger partial charge in [-0.3, -0.25) is 0 Å². The standard InChI is InChI=1S/C17H20N2/c1-2-5-14(6-3-1)15-8-10-16(11-9-15)19-13-17-7-4-12-18-17/h1-3,5-6,8-11,17-19H,4,7,12-13H2. The van der Waals surface area contributed by atoms with Crippen molar-refractivity contribution in [1.82, 2.24) is 5.32 Å². The van der Waals surface area contributed by atoms with E-state index in [1.54, 1.807) is 0 Å². The van der Waals surface area contributed by atoms with Crippen LogP contribution in [0.3, 0.4) is 0 Å². The molecule has 1 aliphatic rings. The van der Waals surface area contributed by atoms with E-state index in [9.17, 15) is 0 Å². The molecule has 2 aromatic carbocycles. The van der Waals surface area contributed by atoms with Crippen molar-refractivity contribution < 1.29 is 0 Å². The van der Waals surface area contributed by atoms with Crippen LogP contribution in [-0.4, -0.2) is 19.1 Å². The van der Waals surface area contributed by atoms with Crippen molar-refractivity contribution in [1.29, 1.82) is 0 Å². The zero-order valence-corrected chi connectivity index (χ0v) is 11.1.